The lowest BCUT2D eigenvalue weighted by molar-refractivity contribution is 0.0800. The van der Waals surface area contributed by atoms with Gasteiger partial charge in [0.25, 0.3) is 11.8 Å². The maximum Gasteiger partial charge on any atom is 0.283 e. The molecule has 0 radical (unpaired) electrons. The number of rotatable bonds is 5. The van der Waals surface area contributed by atoms with Crippen molar-refractivity contribution in [2.24, 2.45) is 0 Å². The zero-order valence-corrected chi connectivity index (χ0v) is 22.0. The molecule has 190 valence electrons. The summed E-state index contributed by atoms with van der Waals surface area (Å²) in [5.74, 6) is 0.179. The summed E-state index contributed by atoms with van der Waals surface area (Å²) < 4.78 is 2.39. The molecule has 2 aliphatic heterocycles. The van der Waals surface area contributed by atoms with E-state index < -0.39 is 0 Å². The molecule has 0 spiro atoms. The molecule has 0 aliphatic carbocycles. The van der Waals surface area contributed by atoms with Crippen LogP contribution in [-0.4, -0.2) is 68.5 Å². The summed E-state index contributed by atoms with van der Waals surface area (Å²) in [5.41, 5.74) is 9.83. The zero-order chi connectivity index (χ0) is 25.5. The second kappa shape index (κ2) is 9.77. The van der Waals surface area contributed by atoms with Gasteiger partial charge in [-0.2, -0.15) is 5.10 Å². The Morgan fingerprint density at radius 1 is 1.24 bits per heavy atom. The maximum atomic E-state index is 12.8. The van der Waals surface area contributed by atoms with E-state index in [0.717, 1.165) is 41.9 Å². The quantitative estimate of drug-likeness (QED) is 0.387. The fraction of sp³-hybridized carbons (Fsp3) is 0.292. The number of fused-ring (bicyclic) bond motifs is 1. The Labute approximate surface area is 225 Å². The number of nitrogen functional groups attached to an aromatic ring is 1. The Bertz CT molecular complexity index is 1510. The molecule has 1 saturated heterocycles. The van der Waals surface area contributed by atoms with Crippen molar-refractivity contribution in [3.63, 3.8) is 0 Å². The maximum absolute atomic E-state index is 12.8. The fourth-order valence-electron chi connectivity index (χ4n) is 4.88. The van der Waals surface area contributed by atoms with Crippen LogP contribution in [0.4, 0.5) is 11.5 Å². The van der Waals surface area contributed by atoms with E-state index in [4.69, 9.17) is 17.3 Å². The van der Waals surface area contributed by atoms with E-state index >= 15 is 0 Å². The first-order chi connectivity index (χ1) is 18.0. The predicted molar refractivity (Wildman–Crippen MR) is 145 cm³/mol. The summed E-state index contributed by atoms with van der Waals surface area (Å²) >= 11 is 8.61. The Kier molecular flexibility index (Phi) is 6.31. The second-order valence-electron chi connectivity index (χ2n) is 8.94. The fourth-order valence-corrected chi connectivity index (χ4v) is 6.43. The van der Waals surface area contributed by atoms with E-state index in [-0.39, 0.29) is 17.9 Å². The number of piperidine rings is 1. The van der Waals surface area contributed by atoms with Crippen molar-refractivity contribution >= 4 is 68.7 Å². The highest BCUT2D eigenvalue weighted by molar-refractivity contribution is 7.18. The van der Waals surface area contributed by atoms with E-state index in [2.05, 4.69) is 31.3 Å². The van der Waals surface area contributed by atoms with E-state index in [1.54, 1.807) is 33.1 Å². The summed E-state index contributed by atoms with van der Waals surface area (Å²) in [7, 11) is 0. The molecule has 6 heterocycles. The molecular weight excluding hydrogens is 532 g/mol. The van der Waals surface area contributed by atoms with Gasteiger partial charge < -0.3 is 20.9 Å². The summed E-state index contributed by atoms with van der Waals surface area (Å²) in [6.45, 7) is 2.40. The number of carbonyl (C=O) groups is 2. The van der Waals surface area contributed by atoms with Gasteiger partial charge in [0.05, 0.1) is 20.6 Å². The third-order valence-corrected chi connectivity index (χ3v) is 8.60. The van der Waals surface area contributed by atoms with Crippen molar-refractivity contribution in [2.45, 2.75) is 18.9 Å². The molecular formula is C24H23ClN8O2S2. The van der Waals surface area contributed by atoms with Crippen molar-refractivity contribution in [3.8, 4) is 0 Å². The van der Waals surface area contributed by atoms with E-state index in [0.29, 0.717) is 39.7 Å². The first-order valence-electron chi connectivity index (χ1n) is 11.8. The molecule has 0 aromatic carbocycles. The lowest BCUT2D eigenvalue weighted by Gasteiger charge is -2.34. The molecule has 2 aliphatic rings. The molecule has 1 atom stereocenters. The number of nitrogens with two attached hydrogens (primary N) is 1. The van der Waals surface area contributed by atoms with Crippen LogP contribution in [0.1, 0.15) is 38.0 Å². The highest BCUT2D eigenvalue weighted by atomic mass is 35.5. The third kappa shape index (κ3) is 4.56. The molecule has 13 heteroatoms. The number of anilines is 2. The molecule has 6 rings (SSSR count). The SMILES string of the molecule is Nc1ncnn2c(C3=CCN(C(=O)c4nccs4)C3)cc(N3CCCC(NC(=O)c4ccc(Cl)s4)C3)c12. The molecule has 1 unspecified atom stereocenters. The van der Waals surface area contributed by atoms with Gasteiger partial charge in [0.15, 0.2) is 10.8 Å². The number of nitrogens with one attached hydrogen (secondary N) is 1. The number of nitrogens with zero attached hydrogens (tertiary/aromatic N) is 6. The van der Waals surface area contributed by atoms with Gasteiger partial charge in [0, 0.05) is 43.8 Å². The van der Waals surface area contributed by atoms with Gasteiger partial charge in [-0.15, -0.1) is 22.7 Å². The first-order valence-corrected chi connectivity index (χ1v) is 13.9. The Morgan fingerprint density at radius 2 is 2.14 bits per heavy atom. The van der Waals surface area contributed by atoms with Gasteiger partial charge in [-0.25, -0.2) is 14.5 Å². The molecule has 2 amide bonds. The number of aromatic nitrogens is 4. The van der Waals surface area contributed by atoms with E-state index in [1.807, 2.05) is 6.08 Å². The molecule has 1 fully saturated rings. The molecule has 4 aromatic rings. The van der Waals surface area contributed by atoms with Crippen LogP contribution in [0.5, 0.6) is 0 Å². The molecule has 0 bridgehead atoms. The topological polar surface area (TPSA) is 122 Å². The van der Waals surface area contributed by atoms with Crippen molar-refractivity contribution < 1.29 is 9.59 Å². The van der Waals surface area contributed by atoms with E-state index in [1.165, 1.54) is 29.0 Å². The summed E-state index contributed by atoms with van der Waals surface area (Å²) in [5, 5.41) is 9.92. The van der Waals surface area contributed by atoms with Gasteiger partial charge in [-0.05, 0) is 36.6 Å². The lowest BCUT2D eigenvalue weighted by Crippen LogP contribution is -2.47. The smallest absolute Gasteiger partial charge is 0.283 e. The van der Waals surface area contributed by atoms with Crippen LogP contribution >= 0.6 is 34.3 Å². The van der Waals surface area contributed by atoms with Gasteiger partial charge in [-0.1, -0.05) is 17.7 Å². The number of carbonyl (C=O) groups excluding carboxylic acids is 2. The highest BCUT2D eigenvalue weighted by Gasteiger charge is 2.29. The predicted octanol–water partition coefficient (Wildman–Crippen LogP) is 3.42. The minimum absolute atomic E-state index is 0.0246. The van der Waals surface area contributed by atoms with Crippen LogP contribution in [0.2, 0.25) is 4.34 Å². The number of hydrogen-bond acceptors (Lipinski definition) is 9. The molecule has 10 nitrogen and oxygen atoms in total. The average Bonchev–Trinajstić information content (AvgIpc) is 3.70. The average molecular weight is 555 g/mol. The second-order valence-corrected chi connectivity index (χ2v) is 11.5. The van der Waals surface area contributed by atoms with Crippen molar-refractivity contribution in [1.82, 2.24) is 29.8 Å². The largest absolute Gasteiger partial charge is 0.382 e. The number of hydrogen-bond donors (Lipinski definition) is 2. The van der Waals surface area contributed by atoms with Gasteiger partial charge in [-0.3, -0.25) is 9.59 Å². The van der Waals surface area contributed by atoms with Gasteiger partial charge in [0.1, 0.15) is 11.8 Å². The number of halogens is 1. The highest BCUT2D eigenvalue weighted by Crippen LogP contribution is 2.35. The van der Waals surface area contributed by atoms with Crippen LogP contribution in [0.25, 0.3) is 11.1 Å². The van der Waals surface area contributed by atoms with Crippen LogP contribution in [0.3, 0.4) is 0 Å². The Hall–Kier alpha value is -3.48. The summed E-state index contributed by atoms with van der Waals surface area (Å²) in [6.07, 6.45) is 6.91. The molecule has 0 saturated carbocycles. The first kappa shape index (κ1) is 23.9. The van der Waals surface area contributed by atoms with Crippen LogP contribution in [0, 0.1) is 0 Å². The minimum atomic E-state index is -0.116. The summed E-state index contributed by atoms with van der Waals surface area (Å²) in [4.78, 5) is 38.5. The van der Waals surface area contributed by atoms with Crippen molar-refractivity contribution in [1.29, 1.82) is 0 Å². The zero-order valence-electron chi connectivity index (χ0n) is 19.6. The Morgan fingerprint density at radius 3 is 2.92 bits per heavy atom. The van der Waals surface area contributed by atoms with Gasteiger partial charge >= 0.3 is 0 Å². The summed E-state index contributed by atoms with van der Waals surface area (Å²) in [6, 6.07) is 5.51. The van der Waals surface area contributed by atoms with Gasteiger partial charge in [0.2, 0.25) is 0 Å². The number of amides is 2. The minimum Gasteiger partial charge on any atom is -0.382 e. The van der Waals surface area contributed by atoms with E-state index in [9.17, 15) is 9.59 Å². The monoisotopic (exact) mass is 554 g/mol. The Balaban J connectivity index is 1.25. The molecule has 4 aromatic heterocycles. The van der Waals surface area contributed by atoms with Crippen molar-refractivity contribution in [3.05, 3.63) is 62.1 Å². The molecule has 3 N–H and O–H groups in total. The van der Waals surface area contributed by atoms with Crippen LogP contribution < -0.4 is 16.0 Å². The molecule has 37 heavy (non-hydrogen) atoms. The number of thiazole rings is 1. The normalized spacial score (nSPS) is 17.9. The van der Waals surface area contributed by atoms with Crippen molar-refractivity contribution in [2.75, 3.05) is 36.8 Å². The third-order valence-electron chi connectivity index (χ3n) is 6.61. The van der Waals surface area contributed by atoms with Crippen LogP contribution in [-0.2, 0) is 0 Å². The number of thiophene rings is 1. The standard InChI is InChI=1S/C24H23ClN8O2S2/c25-19-4-3-18(37-19)22(34)30-15-2-1-7-31(12-15)17-10-16(33-20(17)21(26)28-13-29-33)14-5-8-32(11-14)24(35)23-27-6-9-36-23/h3-6,9-10,13,15H,1-2,7-8,11-12H2,(H,30,34)(H2,26,28,29). The van der Waals surface area contributed by atoms with Crippen LogP contribution in [0.15, 0.2) is 42.2 Å². The lowest BCUT2D eigenvalue weighted by atomic mass is 10.0.